The van der Waals surface area contributed by atoms with Gasteiger partial charge < -0.3 is 16.8 Å². The monoisotopic (exact) mass is 255 g/mol. The van der Waals surface area contributed by atoms with E-state index in [1.807, 2.05) is 24.3 Å². The molecule has 0 aliphatic carbocycles. The summed E-state index contributed by atoms with van der Waals surface area (Å²) in [6.45, 7) is 0.971. The van der Waals surface area contributed by atoms with E-state index in [-0.39, 0.29) is 5.91 Å². The number of rotatable bonds is 4. The van der Waals surface area contributed by atoms with Gasteiger partial charge in [0.25, 0.3) is 5.91 Å². The number of benzene rings is 2. The van der Waals surface area contributed by atoms with Gasteiger partial charge >= 0.3 is 0 Å². The maximum absolute atomic E-state index is 11.9. The molecule has 2 aromatic rings. The van der Waals surface area contributed by atoms with Gasteiger partial charge in [0.1, 0.15) is 0 Å². The van der Waals surface area contributed by atoms with Gasteiger partial charge in [-0.25, -0.2) is 0 Å². The minimum Gasteiger partial charge on any atom is -0.399 e. The molecule has 0 spiro atoms. The van der Waals surface area contributed by atoms with E-state index in [2.05, 4.69) is 5.32 Å². The molecular formula is C15H17N3O. The summed E-state index contributed by atoms with van der Waals surface area (Å²) in [5.74, 6) is -0.134. The standard InChI is InChI=1S/C15H17N3O/c16-9-11-3-1-4-12(7-11)10-18-15(19)13-5-2-6-14(17)8-13/h1-8H,9-10,16-17H2,(H,18,19). The highest BCUT2D eigenvalue weighted by Gasteiger charge is 2.05. The van der Waals surface area contributed by atoms with Crippen molar-refractivity contribution in [1.82, 2.24) is 5.32 Å². The minimum absolute atomic E-state index is 0.134. The average Bonchev–Trinajstić information content (AvgIpc) is 2.45. The summed E-state index contributed by atoms with van der Waals surface area (Å²) in [5.41, 5.74) is 14.5. The van der Waals surface area contributed by atoms with Crippen LogP contribution in [0.5, 0.6) is 0 Å². The van der Waals surface area contributed by atoms with Crippen LogP contribution in [0.2, 0.25) is 0 Å². The largest absolute Gasteiger partial charge is 0.399 e. The number of carbonyl (C=O) groups excluding carboxylic acids is 1. The van der Waals surface area contributed by atoms with E-state index in [1.54, 1.807) is 24.3 Å². The van der Waals surface area contributed by atoms with E-state index in [0.717, 1.165) is 11.1 Å². The molecule has 1 amide bonds. The van der Waals surface area contributed by atoms with Crippen LogP contribution in [0.3, 0.4) is 0 Å². The van der Waals surface area contributed by atoms with Gasteiger partial charge in [0.05, 0.1) is 0 Å². The quantitative estimate of drug-likeness (QED) is 0.727. The number of carbonyl (C=O) groups is 1. The Labute approximate surface area is 112 Å². The van der Waals surface area contributed by atoms with E-state index in [4.69, 9.17) is 11.5 Å². The van der Waals surface area contributed by atoms with Crippen LogP contribution in [-0.2, 0) is 13.1 Å². The molecule has 0 aromatic heterocycles. The van der Waals surface area contributed by atoms with Gasteiger partial charge in [-0.1, -0.05) is 30.3 Å². The predicted molar refractivity (Wildman–Crippen MR) is 76.4 cm³/mol. The molecule has 4 nitrogen and oxygen atoms in total. The van der Waals surface area contributed by atoms with Crippen molar-refractivity contribution in [3.05, 3.63) is 65.2 Å². The summed E-state index contributed by atoms with van der Waals surface area (Å²) in [4.78, 5) is 11.9. The smallest absolute Gasteiger partial charge is 0.251 e. The molecule has 98 valence electrons. The summed E-state index contributed by atoms with van der Waals surface area (Å²) >= 11 is 0. The minimum atomic E-state index is -0.134. The molecule has 0 unspecified atom stereocenters. The van der Waals surface area contributed by atoms with Crippen molar-refractivity contribution in [2.75, 3.05) is 5.73 Å². The zero-order chi connectivity index (χ0) is 13.7. The first kappa shape index (κ1) is 13.1. The second kappa shape index (κ2) is 6.02. The van der Waals surface area contributed by atoms with Crippen molar-refractivity contribution in [2.24, 2.45) is 5.73 Å². The Hall–Kier alpha value is -2.33. The number of nitrogen functional groups attached to an aromatic ring is 1. The summed E-state index contributed by atoms with van der Waals surface area (Å²) in [7, 11) is 0. The molecule has 0 aliphatic heterocycles. The Bertz CT molecular complexity index is 581. The number of nitrogens with one attached hydrogen (secondary N) is 1. The fraction of sp³-hybridized carbons (Fsp3) is 0.133. The molecule has 0 saturated heterocycles. The second-order valence-electron chi connectivity index (χ2n) is 4.33. The van der Waals surface area contributed by atoms with Crippen LogP contribution in [0, 0.1) is 0 Å². The lowest BCUT2D eigenvalue weighted by atomic mass is 10.1. The maximum atomic E-state index is 11.9. The highest BCUT2D eigenvalue weighted by Crippen LogP contribution is 2.08. The van der Waals surface area contributed by atoms with Gasteiger partial charge in [-0.15, -0.1) is 0 Å². The van der Waals surface area contributed by atoms with Crippen LogP contribution in [0.25, 0.3) is 0 Å². The molecule has 0 saturated carbocycles. The number of hydrogen-bond donors (Lipinski definition) is 3. The van der Waals surface area contributed by atoms with Crippen LogP contribution in [0.1, 0.15) is 21.5 Å². The lowest BCUT2D eigenvalue weighted by Crippen LogP contribution is -2.22. The molecule has 2 rings (SSSR count). The van der Waals surface area contributed by atoms with Gasteiger partial charge in [0, 0.05) is 24.3 Å². The van der Waals surface area contributed by atoms with Crippen molar-refractivity contribution in [2.45, 2.75) is 13.1 Å². The lowest BCUT2D eigenvalue weighted by molar-refractivity contribution is 0.0951. The first-order chi connectivity index (χ1) is 9.19. The van der Waals surface area contributed by atoms with E-state index in [9.17, 15) is 4.79 Å². The summed E-state index contributed by atoms with van der Waals surface area (Å²) in [5, 5.41) is 2.86. The number of anilines is 1. The third-order valence-electron chi connectivity index (χ3n) is 2.83. The molecule has 0 heterocycles. The third kappa shape index (κ3) is 3.56. The Morgan fingerprint density at radius 1 is 1.05 bits per heavy atom. The van der Waals surface area contributed by atoms with Crippen molar-refractivity contribution in [1.29, 1.82) is 0 Å². The molecular weight excluding hydrogens is 238 g/mol. The van der Waals surface area contributed by atoms with Crippen molar-refractivity contribution < 1.29 is 4.79 Å². The Kier molecular flexibility index (Phi) is 4.15. The third-order valence-corrected chi connectivity index (χ3v) is 2.83. The summed E-state index contributed by atoms with van der Waals surface area (Å²) in [6.07, 6.45) is 0. The van der Waals surface area contributed by atoms with Crippen LogP contribution < -0.4 is 16.8 Å². The molecule has 2 aromatic carbocycles. The Balaban J connectivity index is 2.00. The highest BCUT2D eigenvalue weighted by atomic mass is 16.1. The van der Waals surface area contributed by atoms with Gasteiger partial charge in [-0.2, -0.15) is 0 Å². The SMILES string of the molecule is NCc1cccc(CNC(=O)c2cccc(N)c2)c1. The first-order valence-corrected chi connectivity index (χ1v) is 6.10. The van der Waals surface area contributed by atoms with Crippen molar-refractivity contribution in [3.8, 4) is 0 Å². The average molecular weight is 255 g/mol. The molecule has 0 fully saturated rings. The summed E-state index contributed by atoms with van der Waals surface area (Å²) < 4.78 is 0. The lowest BCUT2D eigenvalue weighted by Gasteiger charge is -2.07. The first-order valence-electron chi connectivity index (χ1n) is 6.10. The zero-order valence-electron chi connectivity index (χ0n) is 10.6. The number of hydrogen-bond acceptors (Lipinski definition) is 3. The van der Waals surface area contributed by atoms with E-state index < -0.39 is 0 Å². The Morgan fingerprint density at radius 2 is 1.79 bits per heavy atom. The van der Waals surface area contributed by atoms with Crippen LogP contribution in [0.15, 0.2) is 48.5 Å². The summed E-state index contributed by atoms with van der Waals surface area (Å²) in [6, 6.07) is 14.8. The van der Waals surface area contributed by atoms with Gasteiger partial charge in [0.15, 0.2) is 0 Å². The fourth-order valence-electron chi connectivity index (χ4n) is 1.83. The van der Waals surface area contributed by atoms with Crippen LogP contribution >= 0.6 is 0 Å². The second-order valence-corrected chi connectivity index (χ2v) is 4.33. The highest BCUT2D eigenvalue weighted by molar-refractivity contribution is 5.94. The molecule has 0 bridgehead atoms. The topological polar surface area (TPSA) is 81.1 Å². The predicted octanol–water partition coefficient (Wildman–Crippen LogP) is 1.66. The van der Waals surface area contributed by atoms with Crippen LogP contribution in [-0.4, -0.2) is 5.91 Å². The van der Waals surface area contributed by atoms with Gasteiger partial charge in [-0.05, 0) is 29.3 Å². The van der Waals surface area contributed by atoms with Crippen LogP contribution in [0.4, 0.5) is 5.69 Å². The van der Waals surface area contributed by atoms with E-state index in [0.29, 0.717) is 24.3 Å². The van der Waals surface area contributed by atoms with Crippen molar-refractivity contribution in [3.63, 3.8) is 0 Å². The zero-order valence-corrected chi connectivity index (χ0v) is 10.6. The molecule has 0 radical (unpaired) electrons. The molecule has 0 atom stereocenters. The molecule has 0 aliphatic rings. The Morgan fingerprint density at radius 3 is 2.53 bits per heavy atom. The van der Waals surface area contributed by atoms with Gasteiger partial charge in [0.2, 0.25) is 0 Å². The number of amides is 1. The van der Waals surface area contributed by atoms with E-state index in [1.165, 1.54) is 0 Å². The maximum Gasteiger partial charge on any atom is 0.251 e. The number of nitrogens with two attached hydrogens (primary N) is 2. The molecule has 4 heteroatoms. The van der Waals surface area contributed by atoms with E-state index >= 15 is 0 Å². The van der Waals surface area contributed by atoms with Gasteiger partial charge in [-0.3, -0.25) is 4.79 Å². The normalized spacial score (nSPS) is 10.2. The fourth-order valence-corrected chi connectivity index (χ4v) is 1.83. The molecule has 5 N–H and O–H groups in total. The van der Waals surface area contributed by atoms with Crippen molar-refractivity contribution >= 4 is 11.6 Å². The molecule has 19 heavy (non-hydrogen) atoms.